The summed E-state index contributed by atoms with van der Waals surface area (Å²) in [6.45, 7) is 2.54. The van der Waals surface area contributed by atoms with Crippen molar-refractivity contribution in [1.29, 1.82) is 0 Å². The van der Waals surface area contributed by atoms with Crippen molar-refractivity contribution in [3.63, 3.8) is 0 Å². The SMILES string of the molecule is Cc1c(N)cnn1Cc1cccc(O)c1. The molecule has 0 aliphatic rings. The number of phenolic OH excluding ortho intramolecular Hbond substituents is 1. The monoisotopic (exact) mass is 203 g/mol. The number of nitrogens with two attached hydrogens (primary N) is 1. The highest BCUT2D eigenvalue weighted by atomic mass is 16.3. The van der Waals surface area contributed by atoms with E-state index in [2.05, 4.69) is 5.10 Å². The summed E-state index contributed by atoms with van der Waals surface area (Å²) in [6.07, 6.45) is 1.64. The molecule has 1 aromatic heterocycles. The van der Waals surface area contributed by atoms with E-state index in [0.717, 1.165) is 11.3 Å². The number of aromatic hydroxyl groups is 1. The number of nitrogens with zero attached hydrogens (tertiary/aromatic N) is 2. The van der Waals surface area contributed by atoms with Crippen molar-refractivity contribution >= 4 is 5.69 Å². The second-order valence-corrected chi connectivity index (χ2v) is 3.51. The maximum absolute atomic E-state index is 9.31. The lowest BCUT2D eigenvalue weighted by molar-refractivity contribution is 0.474. The van der Waals surface area contributed by atoms with Crippen LogP contribution in [0.2, 0.25) is 0 Å². The molecule has 0 unspecified atom stereocenters. The van der Waals surface area contributed by atoms with Gasteiger partial charge < -0.3 is 10.8 Å². The van der Waals surface area contributed by atoms with Crippen LogP contribution in [0.25, 0.3) is 0 Å². The first kappa shape index (κ1) is 9.58. The molecule has 0 aliphatic carbocycles. The van der Waals surface area contributed by atoms with Crippen molar-refractivity contribution < 1.29 is 5.11 Å². The van der Waals surface area contributed by atoms with Gasteiger partial charge in [0.2, 0.25) is 0 Å². The van der Waals surface area contributed by atoms with Crippen molar-refractivity contribution in [2.75, 3.05) is 5.73 Å². The number of aromatic nitrogens is 2. The van der Waals surface area contributed by atoms with Gasteiger partial charge in [-0.3, -0.25) is 4.68 Å². The fraction of sp³-hybridized carbons (Fsp3) is 0.182. The first-order valence-electron chi connectivity index (χ1n) is 4.72. The Kier molecular flexibility index (Phi) is 2.33. The van der Waals surface area contributed by atoms with Crippen molar-refractivity contribution in [2.45, 2.75) is 13.5 Å². The summed E-state index contributed by atoms with van der Waals surface area (Å²) in [7, 11) is 0. The van der Waals surface area contributed by atoms with Crippen LogP contribution in [0.5, 0.6) is 5.75 Å². The standard InChI is InChI=1S/C11H13N3O/c1-8-11(12)6-13-14(8)7-9-3-2-4-10(15)5-9/h2-6,15H,7,12H2,1H3. The molecule has 0 amide bonds. The summed E-state index contributed by atoms with van der Waals surface area (Å²) >= 11 is 0. The lowest BCUT2D eigenvalue weighted by Gasteiger charge is -2.05. The van der Waals surface area contributed by atoms with Gasteiger partial charge in [0, 0.05) is 0 Å². The van der Waals surface area contributed by atoms with E-state index in [0.29, 0.717) is 12.2 Å². The molecule has 0 bridgehead atoms. The van der Waals surface area contributed by atoms with E-state index in [1.54, 1.807) is 18.3 Å². The largest absolute Gasteiger partial charge is 0.508 e. The minimum atomic E-state index is 0.269. The third kappa shape index (κ3) is 1.93. The number of phenols is 1. The van der Waals surface area contributed by atoms with Crippen LogP contribution >= 0.6 is 0 Å². The van der Waals surface area contributed by atoms with E-state index in [1.165, 1.54) is 0 Å². The average molecular weight is 203 g/mol. The molecular weight excluding hydrogens is 190 g/mol. The molecule has 1 heterocycles. The average Bonchev–Trinajstić information content (AvgIpc) is 2.50. The zero-order valence-electron chi connectivity index (χ0n) is 8.51. The second kappa shape index (κ2) is 3.65. The van der Waals surface area contributed by atoms with Gasteiger partial charge in [0.15, 0.2) is 0 Å². The van der Waals surface area contributed by atoms with E-state index in [4.69, 9.17) is 5.73 Å². The number of rotatable bonds is 2. The first-order valence-corrected chi connectivity index (χ1v) is 4.72. The predicted molar refractivity (Wildman–Crippen MR) is 58.6 cm³/mol. The van der Waals surface area contributed by atoms with Gasteiger partial charge in [-0.2, -0.15) is 5.10 Å². The highest BCUT2D eigenvalue weighted by Gasteiger charge is 2.03. The Balaban J connectivity index is 2.26. The number of hydrogen-bond acceptors (Lipinski definition) is 3. The Labute approximate surface area is 88.0 Å². The summed E-state index contributed by atoms with van der Waals surface area (Å²) in [5, 5.41) is 13.5. The molecule has 0 aliphatic heterocycles. The van der Waals surface area contributed by atoms with Gasteiger partial charge in [0.05, 0.1) is 24.1 Å². The third-order valence-electron chi connectivity index (χ3n) is 2.38. The molecular formula is C11H13N3O. The molecule has 4 nitrogen and oxygen atoms in total. The Morgan fingerprint density at radius 2 is 2.27 bits per heavy atom. The highest BCUT2D eigenvalue weighted by Crippen LogP contribution is 2.14. The Hall–Kier alpha value is -1.97. The van der Waals surface area contributed by atoms with Gasteiger partial charge in [-0.25, -0.2) is 0 Å². The molecule has 0 saturated heterocycles. The van der Waals surface area contributed by atoms with Crippen LogP contribution < -0.4 is 5.73 Å². The lowest BCUT2D eigenvalue weighted by atomic mass is 10.2. The van der Waals surface area contributed by atoms with Gasteiger partial charge in [-0.15, -0.1) is 0 Å². The summed E-state index contributed by atoms with van der Waals surface area (Å²) in [5.74, 6) is 0.269. The second-order valence-electron chi connectivity index (χ2n) is 3.51. The predicted octanol–water partition coefficient (Wildman–Crippen LogP) is 1.53. The van der Waals surface area contributed by atoms with Crippen LogP contribution in [0.3, 0.4) is 0 Å². The van der Waals surface area contributed by atoms with Crippen molar-refractivity contribution in [3.05, 3.63) is 41.7 Å². The van der Waals surface area contributed by atoms with E-state index < -0.39 is 0 Å². The number of benzene rings is 1. The zero-order valence-corrected chi connectivity index (χ0v) is 8.51. The van der Waals surface area contributed by atoms with Gasteiger partial charge >= 0.3 is 0 Å². The van der Waals surface area contributed by atoms with Crippen molar-refractivity contribution in [3.8, 4) is 5.75 Å². The fourth-order valence-corrected chi connectivity index (χ4v) is 1.45. The molecule has 4 heteroatoms. The van der Waals surface area contributed by atoms with Gasteiger partial charge in [-0.05, 0) is 24.6 Å². The number of nitrogen functional groups attached to an aromatic ring is 1. The fourth-order valence-electron chi connectivity index (χ4n) is 1.45. The van der Waals surface area contributed by atoms with E-state index in [1.807, 2.05) is 23.7 Å². The Bertz CT molecular complexity index is 476. The first-order chi connectivity index (χ1) is 7.16. The van der Waals surface area contributed by atoms with Gasteiger partial charge in [0.25, 0.3) is 0 Å². The molecule has 0 fully saturated rings. The van der Waals surface area contributed by atoms with Gasteiger partial charge in [0.1, 0.15) is 5.75 Å². The van der Waals surface area contributed by atoms with Gasteiger partial charge in [-0.1, -0.05) is 12.1 Å². The van der Waals surface area contributed by atoms with Crippen LogP contribution in [-0.2, 0) is 6.54 Å². The molecule has 78 valence electrons. The molecule has 0 spiro atoms. The quantitative estimate of drug-likeness (QED) is 0.778. The maximum atomic E-state index is 9.31. The van der Waals surface area contributed by atoms with Crippen LogP contribution in [0, 0.1) is 6.92 Å². The van der Waals surface area contributed by atoms with Crippen LogP contribution in [0.15, 0.2) is 30.5 Å². The molecule has 0 atom stereocenters. The smallest absolute Gasteiger partial charge is 0.115 e. The molecule has 3 N–H and O–H groups in total. The molecule has 15 heavy (non-hydrogen) atoms. The van der Waals surface area contributed by atoms with Crippen molar-refractivity contribution in [1.82, 2.24) is 9.78 Å². The van der Waals surface area contributed by atoms with E-state index >= 15 is 0 Å². The summed E-state index contributed by atoms with van der Waals surface area (Å²) < 4.78 is 1.81. The summed E-state index contributed by atoms with van der Waals surface area (Å²) in [4.78, 5) is 0. The summed E-state index contributed by atoms with van der Waals surface area (Å²) in [5.41, 5.74) is 8.33. The Morgan fingerprint density at radius 3 is 2.87 bits per heavy atom. The van der Waals surface area contributed by atoms with Crippen LogP contribution in [-0.4, -0.2) is 14.9 Å². The highest BCUT2D eigenvalue weighted by molar-refractivity contribution is 5.40. The van der Waals surface area contributed by atoms with E-state index in [-0.39, 0.29) is 5.75 Å². The molecule has 0 saturated carbocycles. The normalized spacial score (nSPS) is 10.5. The van der Waals surface area contributed by atoms with Crippen LogP contribution in [0.1, 0.15) is 11.3 Å². The zero-order chi connectivity index (χ0) is 10.8. The molecule has 1 aromatic carbocycles. The molecule has 0 radical (unpaired) electrons. The Morgan fingerprint density at radius 1 is 1.47 bits per heavy atom. The third-order valence-corrected chi connectivity index (χ3v) is 2.38. The van der Waals surface area contributed by atoms with Crippen molar-refractivity contribution in [2.24, 2.45) is 0 Å². The minimum Gasteiger partial charge on any atom is -0.508 e. The summed E-state index contributed by atoms with van der Waals surface area (Å²) in [6, 6.07) is 7.12. The van der Waals surface area contributed by atoms with E-state index in [9.17, 15) is 5.11 Å². The topological polar surface area (TPSA) is 64.1 Å². The molecule has 2 aromatic rings. The number of anilines is 1. The lowest BCUT2D eigenvalue weighted by Crippen LogP contribution is -2.04. The number of hydrogen-bond donors (Lipinski definition) is 2. The molecule has 2 rings (SSSR count). The van der Waals surface area contributed by atoms with Crippen LogP contribution in [0.4, 0.5) is 5.69 Å². The maximum Gasteiger partial charge on any atom is 0.115 e. The minimum absolute atomic E-state index is 0.269.